The molecule has 1 aliphatic heterocycles. The Hall–Kier alpha value is -2.83. The number of likely N-dealkylation sites (N-methyl/N-ethyl adjacent to an activating group) is 2. The molecule has 1 aromatic rings. The molecule has 4 amide bonds. The third-order valence-electron chi connectivity index (χ3n) is 10.8. The Labute approximate surface area is 331 Å². The van der Waals surface area contributed by atoms with Gasteiger partial charge in [0.2, 0.25) is 23.6 Å². The molecule has 2 rings (SSSR count). The van der Waals surface area contributed by atoms with E-state index in [1.807, 2.05) is 70.6 Å². The molecule has 54 heavy (non-hydrogen) atoms. The minimum atomic E-state index is -0.740. The van der Waals surface area contributed by atoms with Crippen LogP contribution in [-0.2, 0) is 30.3 Å². The van der Waals surface area contributed by atoms with Crippen molar-refractivity contribution in [2.45, 2.75) is 142 Å². The number of nitrogens with zero attached hydrogens (tertiary/aromatic N) is 3. The van der Waals surface area contributed by atoms with Crippen LogP contribution in [0.4, 0.5) is 0 Å². The van der Waals surface area contributed by atoms with Crippen LogP contribution in [0, 0.1) is 23.7 Å². The van der Waals surface area contributed by atoms with E-state index < -0.39 is 18.2 Å². The summed E-state index contributed by atoms with van der Waals surface area (Å²) in [4.78, 5) is 61.3. The van der Waals surface area contributed by atoms with Crippen LogP contribution in [0.1, 0.15) is 100 Å². The van der Waals surface area contributed by atoms with E-state index in [4.69, 9.17) is 4.74 Å². The lowest BCUT2D eigenvalue weighted by molar-refractivity contribution is -0.146. The van der Waals surface area contributed by atoms with Crippen LogP contribution in [0.3, 0.4) is 0 Å². The van der Waals surface area contributed by atoms with Crippen molar-refractivity contribution in [2.24, 2.45) is 23.7 Å². The van der Waals surface area contributed by atoms with Crippen molar-refractivity contribution < 1.29 is 29.0 Å². The molecular formula is C42H73N5O6S. The van der Waals surface area contributed by atoms with Crippen LogP contribution in [0.15, 0.2) is 24.3 Å². The molecule has 0 aromatic heterocycles. The van der Waals surface area contributed by atoms with Crippen LogP contribution in [-0.4, -0.2) is 125 Å². The smallest absolute Gasteiger partial charge is 0.245 e. The van der Waals surface area contributed by atoms with Gasteiger partial charge in [0, 0.05) is 49.2 Å². The molecule has 308 valence electrons. The highest BCUT2D eigenvalue weighted by Gasteiger charge is 2.44. The summed E-state index contributed by atoms with van der Waals surface area (Å²) in [5.41, 5.74) is 1.03. The number of carbonyl (C=O) groups is 4. The fraction of sp³-hybridized carbons (Fsp3) is 0.762. The molecule has 1 saturated heterocycles. The fourth-order valence-corrected chi connectivity index (χ4v) is 9.38. The van der Waals surface area contributed by atoms with Gasteiger partial charge in [-0.3, -0.25) is 24.1 Å². The van der Waals surface area contributed by atoms with Crippen LogP contribution in [0.2, 0.25) is 0 Å². The van der Waals surface area contributed by atoms with E-state index in [9.17, 15) is 24.3 Å². The monoisotopic (exact) mass is 776 g/mol. The van der Waals surface area contributed by atoms with E-state index in [2.05, 4.69) is 45.3 Å². The molecule has 8 unspecified atom stereocenters. The number of carbonyl (C=O) groups excluding carboxylic acids is 4. The summed E-state index contributed by atoms with van der Waals surface area (Å²) in [6, 6.07) is 5.33. The number of aromatic hydroxyl groups is 1. The number of hydrogen-bond acceptors (Lipinski definition) is 8. The Bertz CT molecular complexity index is 1340. The molecule has 12 heteroatoms. The number of methoxy groups -OCH3 is 1. The minimum absolute atomic E-state index is 0.00858. The van der Waals surface area contributed by atoms with Crippen molar-refractivity contribution >= 4 is 35.4 Å². The third kappa shape index (κ3) is 13.4. The highest BCUT2D eigenvalue weighted by atomic mass is 32.2. The zero-order chi connectivity index (χ0) is 41.1. The zero-order valence-electron chi connectivity index (χ0n) is 35.8. The standard InChI is InChI=1S/C42H73N5O6S/c1-15-28(6)37(46(13)41(52)35(26(2)3)44-40(51)36(27(4)5)45(11)12)33(53-14)25-34(49)47-24-16-17-32(47)38(54-42(8,9)10)29(7)39(50)43-23-22-30-18-20-31(48)21-19-30/h18-21,26-29,32-33,35-38,48H,15-17,22-25H2,1-14H3,(H,43,50)(H,44,51). The van der Waals surface area contributed by atoms with Crippen molar-refractivity contribution in [3.63, 3.8) is 0 Å². The van der Waals surface area contributed by atoms with Gasteiger partial charge in [0.25, 0.3) is 0 Å². The molecule has 1 fully saturated rings. The first-order valence-corrected chi connectivity index (χ1v) is 20.8. The van der Waals surface area contributed by atoms with Gasteiger partial charge in [-0.05, 0) is 68.8 Å². The van der Waals surface area contributed by atoms with Gasteiger partial charge in [0.15, 0.2) is 0 Å². The number of phenolic OH excluding ortho intramolecular Hbond substituents is 1. The van der Waals surface area contributed by atoms with E-state index in [-0.39, 0.29) is 81.6 Å². The Morgan fingerprint density at radius 2 is 1.59 bits per heavy atom. The van der Waals surface area contributed by atoms with Gasteiger partial charge >= 0.3 is 0 Å². The van der Waals surface area contributed by atoms with Crippen LogP contribution < -0.4 is 10.6 Å². The molecule has 0 saturated carbocycles. The summed E-state index contributed by atoms with van der Waals surface area (Å²) < 4.78 is 5.94. The second-order valence-electron chi connectivity index (χ2n) is 17.2. The van der Waals surface area contributed by atoms with Crippen LogP contribution in [0.5, 0.6) is 5.75 Å². The maximum absolute atomic E-state index is 14.4. The summed E-state index contributed by atoms with van der Waals surface area (Å²) >= 11 is 1.75. The Morgan fingerprint density at radius 3 is 2.09 bits per heavy atom. The van der Waals surface area contributed by atoms with Gasteiger partial charge in [0.05, 0.1) is 24.6 Å². The predicted molar refractivity (Wildman–Crippen MR) is 220 cm³/mol. The lowest BCUT2D eigenvalue weighted by Gasteiger charge is -2.41. The van der Waals surface area contributed by atoms with E-state index in [0.717, 1.165) is 24.8 Å². The number of nitrogens with one attached hydrogen (secondary N) is 2. The predicted octanol–water partition coefficient (Wildman–Crippen LogP) is 5.58. The molecule has 8 atom stereocenters. The number of phenols is 1. The Morgan fingerprint density at radius 1 is 0.981 bits per heavy atom. The number of likely N-dealkylation sites (tertiary alicyclic amines) is 1. The van der Waals surface area contributed by atoms with Crippen molar-refractivity contribution in [1.82, 2.24) is 25.3 Å². The first-order chi connectivity index (χ1) is 25.1. The van der Waals surface area contributed by atoms with Crippen molar-refractivity contribution in [1.29, 1.82) is 0 Å². The van der Waals surface area contributed by atoms with Crippen LogP contribution >= 0.6 is 11.8 Å². The fourth-order valence-electron chi connectivity index (χ4n) is 7.79. The average Bonchev–Trinajstić information content (AvgIpc) is 3.58. The van der Waals surface area contributed by atoms with Crippen molar-refractivity contribution in [2.75, 3.05) is 41.3 Å². The van der Waals surface area contributed by atoms with Crippen molar-refractivity contribution in [3.05, 3.63) is 29.8 Å². The van der Waals surface area contributed by atoms with E-state index in [1.165, 1.54) is 0 Å². The second kappa shape index (κ2) is 21.5. The van der Waals surface area contributed by atoms with Gasteiger partial charge in [-0.2, -0.15) is 0 Å². The minimum Gasteiger partial charge on any atom is -0.508 e. The maximum atomic E-state index is 14.4. The number of ether oxygens (including phenoxy) is 1. The van der Waals surface area contributed by atoms with Gasteiger partial charge in [-0.1, -0.05) is 87.8 Å². The van der Waals surface area contributed by atoms with Crippen LogP contribution in [0.25, 0.3) is 0 Å². The molecule has 1 aromatic carbocycles. The molecule has 0 radical (unpaired) electrons. The summed E-state index contributed by atoms with van der Waals surface area (Å²) in [7, 11) is 7.10. The van der Waals surface area contributed by atoms with Gasteiger partial charge in [0.1, 0.15) is 11.8 Å². The molecule has 1 heterocycles. The van der Waals surface area contributed by atoms with Gasteiger partial charge < -0.3 is 30.3 Å². The third-order valence-corrected chi connectivity index (χ3v) is 12.5. The van der Waals surface area contributed by atoms with E-state index in [0.29, 0.717) is 19.5 Å². The number of rotatable bonds is 20. The molecule has 0 spiro atoms. The number of amides is 4. The molecule has 3 N–H and O–H groups in total. The highest BCUT2D eigenvalue weighted by molar-refractivity contribution is 8.01. The Kier molecular flexibility index (Phi) is 18.8. The summed E-state index contributed by atoms with van der Waals surface area (Å²) in [5, 5.41) is 15.7. The molecule has 1 aliphatic rings. The average molecular weight is 776 g/mol. The zero-order valence-corrected chi connectivity index (χ0v) is 36.6. The maximum Gasteiger partial charge on any atom is 0.245 e. The number of thioether (sulfide) groups is 1. The molecule has 11 nitrogen and oxygen atoms in total. The first-order valence-electron chi connectivity index (χ1n) is 19.9. The van der Waals surface area contributed by atoms with Gasteiger partial charge in [-0.15, -0.1) is 11.8 Å². The number of hydrogen-bond donors (Lipinski definition) is 3. The van der Waals surface area contributed by atoms with Gasteiger partial charge in [-0.25, -0.2) is 0 Å². The summed E-state index contributed by atoms with van der Waals surface area (Å²) in [6.07, 6.45) is 2.57. The topological polar surface area (TPSA) is 132 Å². The number of benzene rings is 1. The molecular weight excluding hydrogens is 703 g/mol. The lowest BCUT2D eigenvalue weighted by atomic mass is 9.89. The van der Waals surface area contributed by atoms with Crippen molar-refractivity contribution in [3.8, 4) is 5.75 Å². The SMILES string of the molecule is CCC(C)C(C(CC(=O)N1CCCC1C(SC(C)(C)C)C(C)C(=O)NCCc1ccc(O)cc1)OC)N(C)C(=O)C(NC(=O)C(C(C)C)N(C)C)C(C)C. The highest BCUT2D eigenvalue weighted by Crippen LogP contribution is 2.40. The quantitative estimate of drug-likeness (QED) is 0.157. The Balaban J connectivity index is 2.30. The lowest BCUT2D eigenvalue weighted by Crippen LogP contribution is -2.59. The second-order valence-corrected chi connectivity index (χ2v) is 19.2. The normalized spacial score (nSPS) is 18.9. The summed E-state index contributed by atoms with van der Waals surface area (Å²) in [6.45, 7) is 21.5. The molecule has 0 aliphatic carbocycles. The van der Waals surface area contributed by atoms with E-state index >= 15 is 0 Å². The largest absolute Gasteiger partial charge is 0.508 e. The summed E-state index contributed by atoms with van der Waals surface area (Å²) in [5.74, 6) is -0.709. The molecule has 0 bridgehead atoms. The first kappa shape index (κ1) is 47.3. The van der Waals surface area contributed by atoms with E-state index in [1.54, 1.807) is 43.0 Å².